The molecule has 5 rings (SSSR count). The van der Waals surface area contributed by atoms with Gasteiger partial charge in [-0.05, 0) is 76.3 Å². The highest BCUT2D eigenvalue weighted by molar-refractivity contribution is 6.06. The average Bonchev–Trinajstić information content (AvgIpc) is 3.82. The number of hydrogen-bond donors (Lipinski definition) is 3. The lowest BCUT2D eigenvalue weighted by Crippen LogP contribution is -2.51. The van der Waals surface area contributed by atoms with Crippen LogP contribution in [0.15, 0.2) is 59.2 Å². The number of likely N-dealkylation sites (tertiary alicyclic amines) is 1. The molecule has 3 amide bonds. The van der Waals surface area contributed by atoms with Crippen LogP contribution in [-0.2, 0) is 16.1 Å². The fourth-order valence-corrected chi connectivity index (χ4v) is 5.25. The van der Waals surface area contributed by atoms with Crippen molar-refractivity contribution in [3.8, 4) is 0 Å². The summed E-state index contributed by atoms with van der Waals surface area (Å²) in [6.07, 6.45) is 4.59. The van der Waals surface area contributed by atoms with Crippen LogP contribution in [0.1, 0.15) is 67.9 Å². The van der Waals surface area contributed by atoms with Gasteiger partial charge in [0.05, 0.1) is 24.3 Å². The first-order valence-electron chi connectivity index (χ1n) is 14.6. The molecule has 1 saturated heterocycles. The number of aliphatic hydroxyl groups is 1. The van der Waals surface area contributed by atoms with Gasteiger partial charge < -0.3 is 30.3 Å². The van der Waals surface area contributed by atoms with Crippen LogP contribution in [0.5, 0.6) is 0 Å². The number of nitrogens with zero attached hydrogens (tertiary/aromatic N) is 3. The molecule has 0 aromatic heterocycles. The van der Waals surface area contributed by atoms with E-state index in [1.54, 1.807) is 41.4 Å². The number of aliphatic imine (C=N–C) groups is 1. The molecule has 2 heterocycles. The van der Waals surface area contributed by atoms with Gasteiger partial charge in [-0.3, -0.25) is 14.6 Å². The van der Waals surface area contributed by atoms with Crippen LogP contribution in [0, 0.1) is 5.82 Å². The highest BCUT2D eigenvalue weighted by atomic mass is 19.1. The Hall–Kier alpha value is -4.25. The molecular formula is C32H38FN5O5. The number of benzene rings is 2. The van der Waals surface area contributed by atoms with Crippen LogP contribution in [0.4, 0.5) is 14.9 Å². The van der Waals surface area contributed by atoms with Gasteiger partial charge in [0.25, 0.3) is 11.8 Å². The number of aliphatic hydroxyl groups excluding tert-OH is 1. The molecule has 3 N–H and O–H groups in total. The Morgan fingerprint density at radius 3 is 2.30 bits per heavy atom. The monoisotopic (exact) mass is 591 g/mol. The second-order valence-corrected chi connectivity index (χ2v) is 12.1. The SMILES string of the molecule is CC(C)(C)OC(=O)N1CCC(N(C(=O)C2=CNC(c3ccc(C(=O)Nc4ccc(CO)cc4)c(F)c3)=NC2)C2CC2)CC1. The van der Waals surface area contributed by atoms with Crippen LogP contribution in [-0.4, -0.2) is 76.0 Å². The van der Waals surface area contributed by atoms with Gasteiger partial charge in [0.1, 0.15) is 17.3 Å². The van der Waals surface area contributed by atoms with E-state index >= 15 is 0 Å². The number of hydrogen-bond acceptors (Lipinski definition) is 7. The van der Waals surface area contributed by atoms with E-state index in [0.29, 0.717) is 54.2 Å². The second-order valence-electron chi connectivity index (χ2n) is 12.1. The van der Waals surface area contributed by atoms with Gasteiger partial charge in [-0.2, -0.15) is 0 Å². The number of carbonyl (C=O) groups is 3. The maximum absolute atomic E-state index is 15.0. The van der Waals surface area contributed by atoms with Crippen LogP contribution in [0.2, 0.25) is 0 Å². The van der Waals surface area contributed by atoms with E-state index in [-0.39, 0.29) is 42.8 Å². The Balaban J connectivity index is 1.18. The van der Waals surface area contributed by atoms with E-state index in [2.05, 4.69) is 15.6 Å². The van der Waals surface area contributed by atoms with Crippen molar-refractivity contribution in [2.45, 2.75) is 70.7 Å². The van der Waals surface area contributed by atoms with Crippen molar-refractivity contribution in [3.63, 3.8) is 0 Å². The lowest BCUT2D eigenvalue weighted by molar-refractivity contribution is -0.131. The lowest BCUT2D eigenvalue weighted by Gasteiger charge is -2.39. The summed E-state index contributed by atoms with van der Waals surface area (Å²) in [5.74, 6) is -0.955. The molecule has 0 unspecified atom stereocenters. The zero-order valence-corrected chi connectivity index (χ0v) is 24.7. The van der Waals surface area contributed by atoms with Gasteiger partial charge in [-0.25, -0.2) is 9.18 Å². The average molecular weight is 592 g/mol. The standard InChI is InChI=1S/C32H38FN5O5/c1-32(2,3)43-31(42)37-14-12-25(13-15-37)38(24-9-10-24)30(41)22-17-34-28(35-18-22)21-6-11-26(27(33)16-21)29(40)36-23-7-4-20(19-39)5-8-23/h4-8,11,16-17,24-25,39H,9-10,12-15,18-19H2,1-3H3,(H,34,35)(H,36,40). The van der Waals surface area contributed by atoms with Crippen molar-refractivity contribution in [3.05, 3.63) is 76.7 Å². The summed E-state index contributed by atoms with van der Waals surface area (Å²) in [7, 11) is 0. The van der Waals surface area contributed by atoms with E-state index in [1.807, 2.05) is 25.7 Å². The third-order valence-corrected chi connectivity index (χ3v) is 7.63. The maximum atomic E-state index is 15.0. The second kappa shape index (κ2) is 12.5. The molecule has 0 radical (unpaired) electrons. The molecule has 2 aliphatic heterocycles. The Morgan fingerprint density at radius 1 is 1.07 bits per heavy atom. The van der Waals surface area contributed by atoms with Crippen molar-refractivity contribution in [1.29, 1.82) is 0 Å². The number of piperidine rings is 1. The predicted molar refractivity (Wildman–Crippen MR) is 160 cm³/mol. The van der Waals surface area contributed by atoms with E-state index in [1.165, 1.54) is 12.1 Å². The first-order valence-corrected chi connectivity index (χ1v) is 14.6. The molecule has 3 aliphatic rings. The highest BCUT2D eigenvalue weighted by Gasteiger charge is 2.40. The summed E-state index contributed by atoms with van der Waals surface area (Å²) >= 11 is 0. The number of amides is 3. The molecule has 2 aromatic carbocycles. The smallest absolute Gasteiger partial charge is 0.410 e. The first-order chi connectivity index (χ1) is 20.5. The van der Waals surface area contributed by atoms with Gasteiger partial charge in [0.2, 0.25) is 0 Å². The number of anilines is 1. The van der Waals surface area contributed by atoms with Crippen LogP contribution in [0.3, 0.4) is 0 Å². The highest BCUT2D eigenvalue weighted by Crippen LogP contribution is 2.33. The number of halogens is 1. The summed E-state index contributed by atoms with van der Waals surface area (Å²) in [4.78, 5) is 46.9. The molecule has 1 saturated carbocycles. The lowest BCUT2D eigenvalue weighted by atomic mass is 10.0. The van der Waals surface area contributed by atoms with Crippen LogP contribution in [0.25, 0.3) is 0 Å². The fourth-order valence-electron chi connectivity index (χ4n) is 5.25. The Kier molecular flexibility index (Phi) is 8.82. The summed E-state index contributed by atoms with van der Waals surface area (Å²) < 4.78 is 20.5. The molecule has 2 fully saturated rings. The van der Waals surface area contributed by atoms with Gasteiger partial charge in [-0.1, -0.05) is 18.2 Å². The third kappa shape index (κ3) is 7.40. The molecule has 1 aliphatic carbocycles. The number of amidine groups is 1. The summed E-state index contributed by atoms with van der Waals surface area (Å²) in [5.41, 5.74) is 1.50. The molecule has 2 aromatic rings. The van der Waals surface area contributed by atoms with Gasteiger partial charge >= 0.3 is 6.09 Å². The van der Waals surface area contributed by atoms with E-state index < -0.39 is 17.3 Å². The molecule has 0 spiro atoms. The van der Waals surface area contributed by atoms with Crippen molar-refractivity contribution < 1.29 is 28.6 Å². The van der Waals surface area contributed by atoms with Gasteiger partial charge in [-0.15, -0.1) is 0 Å². The van der Waals surface area contributed by atoms with E-state index in [0.717, 1.165) is 12.8 Å². The van der Waals surface area contributed by atoms with E-state index in [4.69, 9.17) is 9.84 Å². The predicted octanol–water partition coefficient (Wildman–Crippen LogP) is 4.19. The maximum Gasteiger partial charge on any atom is 0.410 e. The summed E-state index contributed by atoms with van der Waals surface area (Å²) in [6, 6.07) is 11.1. The third-order valence-electron chi connectivity index (χ3n) is 7.63. The minimum absolute atomic E-state index is 0.0327. The quantitative estimate of drug-likeness (QED) is 0.444. The molecular weight excluding hydrogens is 553 g/mol. The summed E-state index contributed by atoms with van der Waals surface area (Å²) in [6.45, 7) is 6.64. The Morgan fingerprint density at radius 2 is 1.74 bits per heavy atom. The van der Waals surface area contributed by atoms with E-state index in [9.17, 15) is 18.8 Å². The number of rotatable bonds is 7. The van der Waals surface area contributed by atoms with Crippen LogP contribution < -0.4 is 10.6 Å². The van der Waals surface area contributed by atoms with Crippen molar-refractivity contribution in [2.24, 2.45) is 4.99 Å². The first kappa shape index (κ1) is 30.2. The molecule has 43 heavy (non-hydrogen) atoms. The summed E-state index contributed by atoms with van der Waals surface area (Å²) in [5, 5.41) is 14.9. The number of ether oxygens (including phenoxy) is 1. The molecule has 0 atom stereocenters. The zero-order valence-electron chi connectivity index (χ0n) is 24.7. The van der Waals surface area contributed by atoms with Crippen LogP contribution >= 0.6 is 0 Å². The largest absolute Gasteiger partial charge is 0.444 e. The molecule has 11 heteroatoms. The zero-order chi connectivity index (χ0) is 30.7. The van der Waals surface area contributed by atoms with Crippen molar-refractivity contribution in [1.82, 2.24) is 15.1 Å². The molecule has 0 bridgehead atoms. The minimum Gasteiger partial charge on any atom is -0.444 e. The van der Waals surface area contributed by atoms with Gasteiger partial charge in [0.15, 0.2) is 0 Å². The fraction of sp³-hybridized carbons (Fsp3) is 0.438. The molecule has 10 nitrogen and oxygen atoms in total. The normalized spacial score (nSPS) is 17.4. The minimum atomic E-state index is -0.699. The molecule has 228 valence electrons. The number of carbonyl (C=O) groups excluding carboxylic acids is 3. The van der Waals surface area contributed by atoms with Crippen molar-refractivity contribution >= 4 is 29.4 Å². The Labute approximate surface area is 250 Å². The van der Waals surface area contributed by atoms with Crippen molar-refractivity contribution in [2.75, 3.05) is 25.0 Å². The topological polar surface area (TPSA) is 124 Å². The van der Waals surface area contributed by atoms with Gasteiger partial charge in [0, 0.05) is 42.6 Å². The number of nitrogens with one attached hydrogen (secondary N) is 2. The Bertz CT molecular complexity index is 1440.